The van der Waals surface area contributed by atoms with Crippen molar-refractivity contribution >= 4 is 11.6 Å². The Morgan fingerprint density at radius 1 is 1.36 bits per heavy atom. The van der Waals surface area contributed by atoms with E-state index < -0.39 is 0 Å². The highest BCUT2D eigenvalue weighted by Crippen LogP contribution is 2.34. The van der Waals surface area contributed by atoms with Crippen molar-refractivity contribution in [3.8, 4) is 5.75 Å². The zero-order valence-electron chi connectivity index (χ0n) is 15.1. The summed E-state index contributed by atoms with van der Waals surface area (Å²) in [5, 5.41) is 10.3. The highest BCUT2D eigenvalue weighted by Gasteiger charge is 2.29. The molecule has 25 heavy (non-hydrogen) atoms. The molecular formula is C19H26N4O2. The van der Waals surface area contributed by atoms with E-state index in [1.54, 1.807) is 7.11 Å². The van der Waals surface area contributed by atoms with E-state index in [4.69, 9.17) is 4.74 Å². The van der Waals surface area contributed by atoms with Gasteiger partial charge in [0.2, 0.25) is 5.91 Å². The fraction of sp³-hybridized carbons (Fsp3) is 0.474. The molecule has 2 aromatic rings. The number of benzene rings is 1. The quantitative estimate of drug-likeness (QED) is 0.846. The molecule has 0 unspecified atom stereocenters. The summed E-state index contributed by atoms with van der Waals surface area (Å²) in [6, 6.07) is 7.77. The van der Waals surface area contributed by atoms with Crippen LogP contribution in [0.15, 0.2) is 24.3 Å². The Morgan fingerprint density at radius 2 is 2.12 bits per heavy atom. The van der Waals surface area contributed by atoms with Gasteiger partial charge in [0.1, 0.15) is 5.75 Å². The van der Waals surface area contributed by atoms with Crippen LogP contribution in [0.25, 0.3) is 0 Å². The van der Waals surface area contributed by atoms with Gasteiger partial charge in [0.05, 0.1) is 12.8 Å². The van der Waals surface area contributed by atoms with Crippen molar-refractivity contribution < 1.29 is 9.53 Å². The van der Waals surface area contributed by atoms with Crippen molar-refractivity contribution in [2.24, 2.45) is 0 Å². The van der Waals surface area contributed by atoms with Crippen LogP contribution in [0.1, 0.15) is 42.3 Å². The van der Waals surface area contributed by atoms with E-state index in [9.17, 15) is 4.79 Å². The standard InChI is InChI=1S/C19H26N4O2/c1-13-19(14(2)22-21-13)17-5-4-11-23(17)12-10-18(24)20-15-6-8-16(25-3)9-7-15/h6-9,17H,4-5,10-12H2,1-3H3,(H,20,24)(H,21,22)/t17-/m1/s1. The number of likely N-dealkylation sites (tertiary alicyclic amines) is 1. The third-order valence-electron chi connectivity index (χ3n) is 4.88. The number of aromatic amines is 1. The third-order valence-corrected chi connectivity index (χ3v) is 4.88. The van der Waals surface area contributed by atoms with Gasteiger partial charge in [0.25, 0.3) is 0 Å². The van der Waals surface area contributed by atoms with Crippen LogP contribution in [0.4, 0.5) is 5.69 Å². The number of nitrogens with one attached hydrogen (secondary N) is 2. The molecule has 1 aliphatic heterocycles. The first-order valence-corrected chi connectivity index (χ1v) is 8.78. The summed E-state index contributed by atoms with van der Waals surface area (Å²) in [7, 11) is 1.63. The maximum Gasteiger partial charge on any atom is 0.225 e. The number of aromatic nitrogens is 2. The molecule has 6 nitrogen and oxygen atoms in total. The minimum absolute atomic E-state index is 0.0384. The third kappa shape index (κ3) is 4.02. The summed E-state index contributed by atoms with van der Waals surface area (Å²) < 4.78 is 5.13. The number of H-pyrrole nitrogens is 1. The monoisotopic (exact) mass is 342 g/mol. The Kier molecular flexibility index (Phi) is 5.38. The minimum atomic E-state index is 0.0384. The van der Waals surface area contributed by atoms with Gasteiger partial charge in [0, 0.05) is 36.0 Å². The smallest absolute Gasteiger partial charge is 0.225 e. The van der Waals surface area contributed by atoms with E-state index in [2.05, 4.69) is 27.3 Å². The fourth-order valence-electron chi connectivity index (χ4n) is 3.61. The Morgan fingerprint density at radius 3 is 2.76 bits per heavy atom. The van der Waals surface area contributed by atoms with Gasteiger partial charge in [-0.15, -0.1) is 0 Å². The van der Waals surface area contributed by atoms with Gasteiger partial charge in [-0.3, -0.25) is 14.8 Å². The normalized spacial score (nSPS) is 17.6. The van der Waals surface area contributed by atoms with E-state index in [1.165, 1.54) is 5.56 Å². The van der Waals surface area contributed by atoms with E-state index >= 15 is 0 Å². The number of carbonyl (C=O) groups excluding carboxylic acids is 1. The van der Waals surface area contributed by atoms with Crippen molar-refractivity contribution in [1.82, 2.24) is 15.1 Å². The van der Waals surface area contributed by atoms with Gasteiger partial charge in [0.15, 0.2) is 0 Å². The lowest BCUT2D eigenvalue weighted by atomic mass is 10.0. The summed E-state index contributed by atoms with van der Waals surface area (Å²) in [4.78, 5) is 14.7. The Balaban J connectivity index is 1.56. The van der Waals surface area contributed by atoms with Crippen molar-refractivity contribution in [1.29, 1.82) is 0 Å². The summed E-state index contributed by atoms with van der Waals surface area (Å²) in [6.45, 7) is 5.91. The van der Waals surface area contributed by atoms with E-state index in [-0.39, 0.29) is 5.91 Å². The Bertz CT molecular complexity index is 704. The van der Waals surface area contributed by atoms with Gasteiger partial charge in [-0.1, -0.05) is 0 Å². The highest BCUT2D eigenvalue weighted by atomic mass is 16.5. The van der Waals surface area contributed by atoms with Crippen molar-refractivity contribution in [2.45, 2.75) is 39.2 Å². The Labute approximate surface area is 148 Å². The van der Waals surface area contributed by atoms with Crippen LogP contribution in [-0.4, -0.2) is 41.2 Å². The number of anilines is 1. The number of aryl methyl sites for hydroxylation is 2. The molecule has 3 rings (SSSR count). The lowest BCUT2D eigenvalue weighted by Crippen LogP contribution is -2.28. The maximum atomic E-state index is 12.3. The first-order chi connectivity index (χ1) is 12.1. The number of rotatable bonds is 6. The second kappa shape index (κ2) is 7.70. The molecule has 6 heteroatoms. The van der Waals surface area contributed by atoms with Crippen molar-refractivity contribution in [3.63, 3.8) is 0 Å². The molecule has 0 spiro atoms. The van der Waals surface area contributed by atoms with E-state index in [0.29, 0.717) is 12.5 Å². The second-order valence-electron chi connectivity index (χ2n) is 6.57. The van der Waals surface area contributed by atoms with Crippen LogP contribution in [0.3, 0.4) is 0 Å². The molecule has 1 saturated heterocycles. The number of carbonyl (C=O) groups is 1. The molecule has 2 N–H and O–H groups in total. The molecule has 0 aliphatic carbocycles. The molecule has 1 fully saturated rings. The number of amides is 1. The molecule has 0 saturated carbocycles. The molecule has 1 aromatic carbocycles. The zero-order valence-corrected chi connectivity index (χ0v) is 15.1. The molecule has 0 bridgehead atoms. The zero-order chi connectivity index (χ0) is 17.8. The van der Waals surface area contributed by atoms with Gasteiger partial charge in [-0.25, -0.2) is 0 Å². The number of ether oxygens (including phenoxy) is 1. The van der Waals surface area contributed by atoms with Crippen LogP contribution < -0.4 is 10.1 Å². The average Bonchev–Trinajstić information content (AvgIpc) is 3.19. The van der Waals surface area contributed by atoms with Crippen LogP contribution in [0, 0.1) is 13.8 Å². The average molecular weight is 342 g/mol. The molecule has 1 aliphatic rings. The summed E-state index contributed by atoms with van der Waals surface area (Å²) in [5.74, 6) is 0.820. The summed E-state index contributed by atoms with van der Waals surface area (Å²) >= 11 is 0. The van der Waals surface area contributed by atoms with Gasteiger partial charge in [-0.05, 0) is 57.5 Å². The topological polar surface area (TPSA) is 70.2 Å². The summed E-state index contributed by atoms with van der Waals surface area (Å²) in [6.07, 6.45) is 2.77. The van der Waals surface area contributed by atoms with Crippen molar-refractivity contribution in [2.75, 3.05) is 25.5 Å². The fourth-order valence-corrected chi connectivity index (χ4v) is 3.61. The van der Waals surface area contributed by atoms with Crippen LogP contribution in [0.2, 0.25) is 0 Å². The highest BCUT2D eigenvalue weighted by molar-refractivity contribution is 5.90. The predicted molar refractivity (Wildman–Crippen MR) is 97.9 cm³/mol. The molecular weight excluding hydrogens is 316 g/mol. The first-order valence-electron chi connectivity index (χ1n) is 8.78. The maximum absolute atomic E-state index is 12.3. The van der Waals surface area contributed by atoms with E-state index in [1.807, 2.05) is 31.2 Å². The number of hydrogen-bond acceptors (Lipinski definition) is 4. The van der Waals surface area contributed by atoms with Crippen LogP contribution in [-0.2, 0) is 4.79 Å². The van der Waals surface area contributed by atoms with Crippen molar-refractivity contribution in [3.05, 3.63) is 41.2 Å². The lowest BCUT2D eigenvalue weighted by molar-refractivity contribution is -0.116. The molecule has 1 atom stereocenters. The number of methoxy groups -OCH3 is 1. The van der Waals surface area contributed by atoms with Crippen LogP contribution in [0.5, 0.6) is 5.75 Å². The molecule has 0 radical (unpaired) electrons. The molecule has 2 heterocycles. The predicted octanol–water partition coefficient (Wildman–Crippen LogP) is 3.20. The Hall–Kier alpha value is -2.34. The van der Waals surface area contributed by atoms with E-state index in [0.717, 1.165) is 48.8 Å². The molecule has 134 valence electrons. The number of hydrogen-bond donors (Lipinski definition) is 2. The first kappa shape index (κ1) is 17.5. The lowest BCUT2D eigenvalue weighted by Gasteiger charge is -2.24. The number of nitrogens with zero attached hydrogens (tertiary/aromatic N) is 2. The minimum Gasteiger partial charge on any atom is -0.497 e. The largest absolute Gasteiger partial charge is 0.497 e. The second-order valence-corrected chi connectivity index (χ2v) is 6.57. The van der Waals surface area contributed by atoms with Gasteiger partial charge < -0.3 is 10.1 Å². The van der Waals surface area contributed by atoms with Gasteiger partial charge >= 0.3 is 0 Å². The summed E-state index contributed by atoms with van der Waals surface area (Å²) in [5.41, 5.74) is 4.30. The SMILES string of the molecule is COc1ccc(NC(=O)CCN2CCC[C@@H]2c2c(C)n[nH]c2C)cc1. The molecule has 1 aromatic heterocycles. The van der Waals surface area contributed by atoms with Gasteiger partial charge in [-0.2, -0.15) is 5.10 Å². The molecule has 1 amide bonds. The van der Waals surface area contributed by atoms with Crippen LogP contribution >= 0.6 is 0 Å².